The van der Waals surface area contributed by atoms with E-state index in [1.54, 1.807) is 12.1 Å². The molecule has 1 aromatic rings. The molecular formula is C13H20N2O3. The van der Waals surface area contributed by atoms with E-state index >= 15 is 0 Å². The predicted molar refractivity (Wildman–Crippen MR) is 70.5 cm³/mol. The normalized spacial score (nSPS) is 11.5. The van der Waals surface area contributed by atoms with E-state index in [1.165, 1.54) is 12.1 Å². The van der Waals surface area contributed by atoms with Gasteiger partial charge in [-0.05, 0) is 26.3 Å². The van der Waals surface area contributed by atoms with Crippen molar-refractivity contribution in [2.75, 3.05) is 13.2 Å². The second-order valence-corrected chi connectivity index (χ2v) is 5.06. The van der Waals surface area contributed by atoms with Crippen LogP contribution in [0.5, 0.6) is 0 Å². The number of nitro groups is 1. The summed E-state index contributed by atoms with van der Waals surface area (Å²) in [7, 11) is 0. The third kappa shape index (κ3) is 5.75. The van der Waals surface area contributed by atoms with Crippen LogP contribution in [0.2, 0.25) is 0 Å². The monoisotopic (exact) mass is 252 g/mol. The fraction of sp³-hybridized carbons (Fsp3) is 0.538. The first-order valence-corrected chi connectivity index (χ1v) is 5.96. The van der Waals surface area contributed by atoms with Crippen LogP contribution < -0.4 is 5.32 Å². The van der Waals surface area contributed by atoms with Crippen LogP contribution in [0, 0.1) is 10.1 Å². The summed E-state index contributed by atoms with van der Waals surface area (Å²) in [5.74, 6) is 0. The van der Waals surface area contributed by atoms with Gasteiger partial charge >= 0.3 is 0 Å². The van der Waals surface area contributed by atoms with Crippen molar-refractivity contribution in [3.05, 3.63) is 39.9 Å². The molecule has 0 aliphatic carbocycles. The molecule has 0 aromatic heterocycles. The molecule has 0 unspecified atom stereocenters. The molecule has 0 aliphatic rings. The van der Waals surface area contributed by atoms with Crippen molar-refractivity contribution in [3.63, 3.8) is 0 Å². The van der Waals surface area contributed by atoms with Crippen LogP contribution in [0.25, 0.3) is 0 Å². The lowest BCUT2D eigenvalue weighted by atomic mass is 10.2. The first kappa shape index (κ1) is 14.6. The van der Waals surface area contributed by atoms with Crippen LogP contribution in [0.15, 0.2) is 24.3 Å². The molecule has 1 N–H and O–H groups in total. The average Bonchev–Trinajstić information content (AvgIpc) is 2.27. The van der Waals surface area contributed by atoms with E-state index < -0.39 is 4.92 Å². The molecule has 1 aromatic carbocycles. The highest BCUT2D eigenvalue weighted by Gasteiger charge is 2.08. The first-order chi connectivity index (χ1) is 8.38. The Hall–Kier alpha value is -1.46. The average molecular weight is 252 g/mol. The molecule has 0 spiro atoms. The third-order valence-corrected chi connectivity index (χ3v) is 2.29. The number of non-ortho nitro benzene ring substituents is 1. The molecule has 0 saturated heterocycles. The van der Waals surface area contributed by atoms with Crippen LogP contribution in [0.1, 0.15) is 26.3 Å². The van der Waals surface area contributed by atoms with Crippen molar-refractivity contribution in [2.45, 2.75) is 32.9 Å². The van der Waals surface area contributed by atoms with Gasteiger partial charge in [0.2, 0.25) is 0 Å². The van der Waals surface area contributed by atoms with Crippen molar-refractivity contribution >= 4 is 5.69 Å². The Labute approximate surface area is 107 Å². The lowest BCUT2D eigenvalue weighted by molar-refractivity contribution is -0.384. The summed E-state index contributed by atoms with van der Waals surface area (Å²) in [6.45, 7) is 8.15. The molecule has 0 radical (unpaired) electrons. The molecule has 0 saturated carbocycles. The smallest absolute Gasteiger partial charge is 0.269 e. The van der Waals surface area contributed by atoms with Gasteiger partial charge in [-0.2, -0.15) is 0 Å². The molecule has 5 nitrogen and oxygen atoms in total. The Kier molecular flexibility index (Phi) is 5.25. The van der Waals surface area contributed by atoms with Crippen LogP contribution in [0.4, 0.5) is 5.69 Å². The summed E-state index contributed by atoms with van der Waals surface area (Å²) in [5.41, 5.74) is 1.03. The lowest BCUT2D eigenvalue weighted by Gasteiger charge is -2.19. The highest BCUT2D eigenvalue weighted by molar-refractivity contribution is 5.32. The van der Waals surface area contributed by atoms with E-state index in [9.17, 15) is 10.1 Å². The van der Waals surface area contributed by atoms with Crippen LogP contribution in [-0.2, 0) is 11.3 Å². The summed E-state index contributed by atoms with van der Waals surface area (Å²) in [6, 6.07) is 6.55. The zero-order valence-electron chi connectivity index (χ0n) is 11.1. The van der Waals surface area contributed by atoms with Gasteiger partial charge in [-0.3, -0.25) is 10.1 Å². The number of rotatable bonds is 6. The largest absolute Gasteiger partial charge is 0.375 e. The van der Waals surface area contributed by atoms with E-state index in [0.29, 0.717) is 13.2 Å². The predicted octanol–water partition coefficient (Wildman–Crippen LogP) is 2.50. The van der Waals surface area contributed by atoms with E-state index in [1.807, 2.05) is 20.8 Å². The van der Waals surface area contributed by atoms with Crippen LogP contribution >= 0.6 is 0 Å². The summed E-state index contributed by atoms with van der Waals surface area (Å²) in [6.07, 6.45) is 0. The van der Waals surface area contributed by atoms with Crippen molar-refractivity contribution in [2.24, 2.45) is 0 Å². The number of nitrogens with one attached hydrogen (secondary N) is 1. The second-order valence-electron chi connectivity index (χ2n) is 5.06. The van der Waals surface area contributed by atoms with Gasteiger partial charge in [0.05, 0.1) is 17.1 Å². The van der Waals surface area contributed by atoms with Crippen LogP contribution in [0.3, 0.4) is 0 Å². The second kappa shape index (κ2) is 6.47. The molecular weight excluding hydrogens is 232 g/mol. The summed E-state index contributed by atoms with van der Waals surface area (Å²) < 4.78 is 5.57. The summed E-state index contributed by atoms with van der Waals surface area (Å²) in [4.78, 5) is 10.1. The van der Waals surface area contributed by atoms with Gasteiger partial charge in [0.25, 0.3) is 5.69 Å². The number of hydrogen-bond donors (Lipinski definition) is 1. The molecule has 0 atom stereocenters. The van der Waals surface area contributed by atoms with Gasteiger partial charge in [-0.15, -0.1) is 0 Å². The fourth-order valence-corrected chi connectivity index (χ4v) is 1.40. The van der Waals surface area contributed by atoms with Gasteiger partial charge in [0, 0.05) is 25.2 Å². The van der Waals surface area contributed by atoms with Gasteiger partial charge in [0.15, 0.2) is 0 Å². The molecule has 0 fully saturated rings. The molecule has 100 valence electrons. The molecule has 0 aliphatic heterocycles. The summed E-state index contributed by atoms with van der Waals surface area (Å²) >= 11 is 0. The van der Waals surface area contributed by atoms with E-state index in [2.05, 4.69) is 5.32 Å². The Bertz CT molecular complexity index is 382. The van der Waals surface area contributed by atoms with Gasteiger partial charge < -0.3 is 10.1 Å². The highest BCUT2D eigenvalue weighted by atomic mass is 16.6. The van der Waals surface area contributed by atoms with Gasteiger partial charge in [0.1, 0.15) is 0 Å². The molecule has 0 amide bonds. The molecule has 1 rings (SSSR count). The molecule has 18 heavy (non-hydrogen) atoms. The Morgan fingerprint density at radius 1 is 1.28 bits per heavy atom. The van der Waals surface area contributed by atoms with Crippen molar-refractivity contribution < 1.29 is 9.66 Å². The minimum atomic E-state index is -0.394. The topological polar surface area (TPSA) is 64.4 Å². The maximum atomic E-state index is 10.5. The standard InChI is InChI=1S/C13H20N2O3/c1-13(2,3)18-9-8-14-10-11-4-6-12(7-5-11)15(16)17/h4-7,14H,8-10H2,1-3H3. The van der Waals surface area contributed by atoms with Crippen LogP contribution in [-0.4, -0.2) is 23.7 Å². The first-order valence-electron chi connectivity index (χ1n) is 5.96. The molecule has 5 heteroatoms. The quantitative estimate of drug-likeness (QED) is 0.480. The zero-order valence-corrected chi connectivity index (χ0v) is 11.1. The molecule has 0 bridgehead atoms. The Balaban J connectivity index is 2.25. The van der Waals surface area contributed by atoms with Crippen molar-refractivity contribution in [1.29, 1.82) is 0 Å². The highest BCUT2D eigenvalue weighted by Crippen LogP contribution is 2.11. The minimum absolute atomic E-state index is 0.116. The number of ether oxygens (including phenoxy) is 1. The van der Waals surface area contributed by atoms with Gasteiger partial charge in [-0.1, -0.05) is 12.1 Å². The lowest BCUT2D eigenvalue weighted by Crippen LogP contribution is -2.26. The van der Waals surface area contributed by atoms with Gasteiger partial charge in [-0.25, -0.2) is 0 Å². The fourth-order valence-electron chi connectivity index (χ4n) is 1.40. The number of nitrogens with zero attached hydrogens (tertiary/aromatic N) is 1. The van der Waals surface area contributed by atoms with E-state index in [4.69, 9.17) is 4.74 Å². The Morgan fingerprint density at radius 2 is 1.89 bits per heavy atom. The zero-order chi connectivity index (χ0) is 13.6. The third-order valence-electron chi connectivity index (χ3n) is 2.29. The summed E-state index contributed by atoms with van der Waals surface area (Å²) in [5, 5.41) is 13.7. The van der Waals surface area contributed by atoms with Crippen molar-refractivity contribution in [3.8, 4) is 0 Å². The maximum absolute atomic E-state index is 10.5. The number of nitro benzene ring substituents is 1. The number of benzene rings is 1. The number of hydrogen-bond acceptors (Lipinski definition) is 4. The minimum Gasteiger partial charge on any atom is -0.375 e. The van der Waals surface area contributed by atoms with Crippen molar-refractivity contribution in [1.82, 2.24) is 5.32 Å². The Morgan fingerprint density at radius 3 is 2.39 bits per heavy atom. The SMILES string of the molecule is CC(C)(C)OCCNCc1ccc([N+](=O)[O-])cc1. The van der Waals surface area contributed by atoms with E-state index in [-0.39, 0.29) is 11.3 Å². The maximum Gasteiger partial charge on any atom is 0.269 e. The molecule has 0 heterocycles. The van der Waals surface area contributed by atoms with E-state index in [0.717, 1.165) is 12.1 Å².